The van der Waals surface area contributed by atoms with E-state index in [-0.39, 0.29) is 6.10 Å². The molecule has 0 radical (unpaired) electrons. The average molecular weight is 211 g/mol. The van der Waals surface area contributed by atoms with Crippen LogP contribution in [0.4, 0.5) is 0 Å². The van der Waals surface area contributed by atoms with Crippen molar-refractivity contribution in [1.29, 1.82) is 0 Å². The van der Waals surface area contributed by atoms with Crippen molar-refractivity contribution in [1.82, 2.24) is 14.5 Å². The molecule has 1 N–H and O–H groups in total. The standard InChI is InChI=1S/C11H21N3O/c1-9(2)10(15)7-13(3)8-11-12-5-6-14(11)4/h5-6,9-10,15H,7-8H2,1-4H3. The van der Waals surface area contributed by atoms with Gasteiger partial charge in [0, 0.05) is 26.0 Å². The molecular weight excluding hydrogens is 190 g/mol. The van der Waals surface area contributed by atoms with E-state index >= 15 is 0 Å². The minimum atomic E-state index is -0.268. The molecule has 1 unspecified atom stereocenters. The molecular formula is C11H21N3O. The predicted octanol–water partition coefficient (Wildman–Crippen LogP) is 0.869. The Hall–Kier alpha value is -0.870. The Morgan fingerprint density at radius 3 is 2.67 bits per heavy atom. The van der Waals surface area contributed by atoms with E-state index in [4.69, 9.17) is 0 Å². The van der Waals surface area contributed by atoms with Gasteiger partial charge in [0.25, 0.3) is 0 Å². The maximum absolute atomic E-state index is 9.73. The average Bonchev–Trinajstić information content (AvgIpc) is 2.51. The van der Waals surface area contributed by atoms with Crippen LogP contribution in [0.3, 0.4) is 0 Å². The first kappa shape index (κ1) is 12.2. The molecule has 0 aliphatic rings. The molecule has 1 aromatic heterocycles. The van der Waals surface area contributed by atoms with Gasteiger partial charge in [0.15, 0.2) is 0 Å². The number of likely N-dealkylation sites (N-methyl/N-ethyl adjacent to an activating group) is 1. The molecule has 0 aliphatic carbocycles. The van der Waals surface area contributed by atoms with E-state index in [1.165, 1.54) is 0 Å². The number of aliphatic hydroxyl groups excluding tert-OH is 1. The minimum Gasteiger partial charge on any atom is -0.392 e. The lowest BCUT2D eigenvalue weighted by atomic mass is 10.1. The fourth-order valence-electron chi connectivity index (χ4n) is 1.38. The van der Waals surface area contributed by atoms with Crippen molar-refractivity contribution >= 4 is 0 Å². The molecule has 0 saturated carbocycles. The first-order valence-corrected chi connectivity index (χ1v) is 5.33. The van der Waals surface area contributed by atoms with E-state index in [9.17, 15) is 5.11 Å². The second-order valence-electron chi connectivity index (χ2n) is 4.46. The van der Waals surface area contributed by atoms with E-state index in [0.29, 0.717) is 12.5 Å². The smallest absolute Gasteiger partial charge is 0.122 e. The quantitative estimate of drug-likeness (QED) is 0.785. The minimum absolute atomic E-state index is 0.268. The summed E-state index contributed by atoms with van der Waals surface area (Å²) >= 11 is 0. The SMILES string of the molecule is CC(C)C(O)CN(C)Cc1nccn1C. The van der Waals surface area contributed by atoms with Crippen LogP contribution in [0.15, 0.2) is 12.4 Å². The molecule has 0 spiro atoms. The molecule has 0 bridgehead atoms. The van der Waals surface area contributed by atoms with Crippen LogP contribution in [0, 0.1) is 5.92 Å². The highest BCUT2D eigenvalue weighted by Crippen LogP contribution is 2.05. The van der Waals surface area contributed by atoms with Crippen molar-refractivity contribution in [3.8, 4) is 0 Å². The molecule has 0 saturated heterocycles. The van der Waals surface area contributed by atoms with Gasteiger partial charge in [0.1, 0.15) is 5.82 Å². The molecule has 1 atom stereocenters. The van der Waals surface area contributed by atoms with Crippen LogP contribution in [0.25, 0.3) is 0 Å². The van der Waals surface area contributed by atoms with Gasteiger partial charge in [-0.3, -0.25) is 4.90 Å². The van der Waals surface area contributed by atoms with E-state index in [0.717, 1.165) is 12.4 Å². The molecule has 1 heterocycles. The zero-order valence-corrected chi connectivity index (χ0v) is 10.0. The van der Waals surface area contributed by atoms with Crippen molar-refractivity contribution < 1.29 is 5.11 Å². The highest BCUT2D eigenvalue weighted by atomic mass is 16.3. The summed E-state index contributed by atoms with van der Waals surface area (Å²) in [7, 11) is 3.98. The number of aryl methyl sites for hydroxylation is 1. The van der Waals surface area contributed by atoms with Gasteiger partial charge < -0.3 is 9.67 Å². The fourth-order valence-corrected chi connectivity index (χ4v) is 1.38. The molecule has 1 aromatic rings. The number of nitrogens with zero attached hydrogens (tertiary/aromatic N) is 3. The third-order valence-electron chi connectivity index (χ3n) is 2.60. The van der Waals surface area contributed by atoms with Gasteiger partial charge >= 0.3 is 0 Å². The van der Waals surface area contributed by atoms with Crippen molar-refractivity contribution in [2.75, 3.05) is 13.6 Å². The number of hydrogen-bond donors (Lipinski definition) is 1. The van der Waals surface area contributed by atoms with Crippen LogP contribution in [0.5, 0.6) is 0 Å². The summed E-state index contributed by atoms with van der Waals surface area (Å²) in [6, 6.07) is 0. The Labute approximate surface area is 91.5 Å². The van der Waals surface area contributed by atoms with Crippen molar-refractivity contribution in [3.05, 3.63) is 18.2 Å². The Balaban J connectivity index is 2.43. The summed E-state index contributed by atoms with van der Waals surface area (Å²) in [5.41, 5.74) is 0. The molecule has 0 aromatic carbocycles. The van der Waals surface area contributed by atoms with Gasteiger partial charge in [-0.2, -0.15) is 0 Å². The summed E-state index contributed by atoms with van der Waals surface area (Å²) < 4.78 is 2.00. The maximum Gasteiger partial charge on any atom is 0.122 e. The Morgan fingerprint density at radius 2 is 2.20 bits per heavy atom. The largest absolute Gasteiger partial charge is 0.392 e. The number of aliphatic hydroxyl groups is 1. The molecule has 4 heteroatoms. The second kappa shape index (κ2) is 5.28. The van der Waals surface area contributed by atoms with Crippen molar-refractivity contribution in [2.24, 2.45) is 13.0 Å². The summed E-state index contributed by atoms with van der Waals surface area (Å²) in [4.78, 5) is 6.34. The van der Waals surface area contributed by atoms with Crippen LogP contribution in [-0.4, -0.2) is 39.3 Å². The predicted molar refractivity (Wildman–Crippen MR) is 60.4 cm³/mol. The number of aromatic nitrogens is 2. The highest BCUT2D eigenvalue weighted by Gasteiger charge is 2.13. The van der Waals surface area contributed by atoms with Gasteiger partial charge in [-0.15, -0.1) is 0 Å². The number of rotatable bonds is 5. The Bertz CT molecular complexity index is 296. The number of hydrogen-bond acceptors (Lipinski definition) is 3. The summed E-state index contributed by atoms with van der Waals surface area (Å²) in [6.07, 6.45) is 3.46. The van der Waals surface area contributed by atoms with E-state index in [2.05, 4.69) is 9.88 Å². The van der Waals surface area contributed by atoms with Gasteiger partial charge in [-0.25, -0.2) is 4.98 Å². The summed E-state index contributed by atoms with van der Waals surface area (Å²) in [5, 5.41) is 9.73. The molecule has 0 aliphatic heterocycles. The first-order chi connectivity index (χ1) is 7.00. The summed E-state index contributed by atoms with van der Waals surface area (Å²) in [6.45, 7) is 5.51. The lowest BCUT2D eigenvalue weighted by Gasteiger charge is -2.22. The van der Waals surface area contributed by atoms with E-state index < -0.39 is 0 Å². The molecule has 4 nitrogen and oxygen atoms in total. The molecule has 0 amide bonds. The third-order valence-corrected chi connectivity index (χ3v) is 2.60. The number of imidazole rings is 1. The van der Waals surface area contributed by atoms with Gasteiger partial charge in [-0.1, -0.05) is 13.8 Å². The van der Waals surface area contributed by atoms with Crippen molar-refractivity contribution in [3.63, 3.8) is 0 Å². The molecule has 1 rings (SSSR count). The van der Waals surface area contributed by atoms with Crippen LogP contribution in [-0.2, 0) is 13.6 Å². The fraction of sp³-hybridized carbons (Fsp3) is 0.727. The molecule has 15 heavy (non-hydrogen) atoms. The topological polar surface area (TPSA) is 41.3 Å². The second-order valence-corrected chi connectivity index (χ2v) is 4.46. The van der Waals surface area contributed by atoms with Crippen molar-refractivity contribution in [2.45, 2.75) is 26.5 Å². The Morgan fingerprint density at radius 1 is 1.53 bits per heavy atom. The van der Waals surface area contributed by atoms with Crippen LogP contribution in [0.2, 0.25) is 0 Å². The highest BCUT2D eigenvalue weighted by molar-refractivity contribution is 4.90. The normalized spacial score (nSPS) is 13.8. The first-order valence-electron chi connectivity index (χ1n) is 5.33. The Kier molecular flexibility index (Phi) is 4.29. The van der Waals surface area contributed by atoms with E-state index in [1.54, 1.807) is 6.20 Å². The molecule has 0 fully saturated rings. The van der Waals surface area contributed by atoms with E-state index in [1.807, 2.05) is 38.7 Å². The lowest BCUT2D eigenvalue weighted by Crippen LogP contribution is -2.32. The van der Waals surface area contributed by atoms with Gasteiger partial charge in [0.2, 0.25) is 0 Å². The van der Waals surface area contributed by atoms with Crippen LogP contribution in [0.1, 0.15) is 19.7 Å². The molecule has 86 valence electrons. The third kappa shape index (κ3) is 3.64. The van der Waals surface area contributed by atoms with Gasteiger partial charge in [0.05, 0.1) is 12.6 Å². The van der Waals surface area contributed by atoms with Crippen LogP contribution < -0.4 is 0 Å². The maximum atomic E-state index is 9.73. The zero-order valence-electron chi connectivity index (χ0n) is 10.0. The zero-order chi connectivity index (χ0) is 11.4. The monoisotopic (exact) mass is 211 g/mol. The summed E-state index contributed by atoms with van der Waals surface area (Å²) in [5.74, 6) is 1.32. The lowest BCUT2D eigenvalue weighted by molar-refractivity contribution is 0.0827. The van der Waals surface area contributed by atoms with Crippen LogP contribution >= 0.6 is 0 Å². The van der Waals surface area contributed by atoms with Gasteiger partial charge in [-0.05, 0) is 13.0 Å².